The Morgan fingerprint density at radius 1 is 1.24 bits per heavy atom. The van der Waals surface area contributed by atoms with E-state index in [2.05, 4.69) is 20.3 Å². The lowest BCUT2D eigenvalue weighted by molar-refractivity contribution is -0.130. The minimum absolute atomic E-state index is 0.152. The molecule has 0 spiro atoms. The third kappa shape index (κ3) is 3.64. The van der Waals surface area contributed by atoms with Gasteiger partial charge >= 0.3 is 0 Å². The lowest BCUT2D eigenvalue weighted by atomic mass is 10.1. The standard InChI is InChI=1S/C19H15N5O3S2/c25-17(11-29-19-20-18(21-22-19)16-6-3-9-28-16)24-13(15-5-2-8-27-15)10-12(23-24)14-4-1-7-26-14/h1-9,13H,10-11H2,(H,20,21,22)/t13-/m0/s1. The van der Waals surface area contributed by atoms with Crippen LogP contribution in [0.1, 0.15) is 24.0 Å². The Labute approximate surface area is 173 Å². The molecule has 5 rings (SSSR count). The summed E-state index contributed by atoms with van der Waals surface area (Å²) < 4.78 is 11.0. The van der Waals surface area contributed by atoms with E-state index < -0.39 is 0 Å². The van der Waals surface area contributed by atoms with E-state index in [1.54, 1.807) is 36.0 Å². The zero-order chi connectivity index (χ0) is 19.6. The number of aromatic amines is 1. The highest BCUT2D eigenvalue weighted by atomic mass is 32.2. The van der Waals surface area contributed by atoms with Crippen molar-refractivity contribution in [3.63, 3.8) is 0 Å². The molecule has 8 nitrogen and oxygen atoms in total. The van der Waals surface area contributed by atoms with Crippen molar-refractivity contribution in [2.75, 3.05) is 5.75 Å². The summed E-state index contributed by atoms with van der Waals surface area (Å²) in [6, 6.07) is 10.9. The Bertz CT molecular complexity index is 1120. The number of nitrogens with one attached hydrogen (secondary N) is 1. The van der Waals surface area contributed by atoms with E-state index in [1.165, 1.54) is 16.8 Å². The summed E-state index contributed by atoms with van der Waals surface area (Å²) in [6.07, 6.45) is 3.71. The molecular formula is C19H15N5O3S2. The fourth-order valence-corrected chi connectivity index (χ4v) is 4.38. The molecule has 5 heterocycles. The van der Waals surface area contributed by atoms with Crippen LogP contribution in [0.2, 0.25) is 0 Å². The molecule has 0 aromatic carbocycles. The molecule has 1 N–H and O–H groups in total. The molecule has 10 heteroatoms. The van der Waals surface area contributed by atoms with Gasteiger partial charge in [-0.1, -0.05) is 17.8 Å². The van der Waals surface area contributed by atoms with Crippen LogP contribution < -0.4 is 0 Å². The van der Waals surface area contributed by atoms with Crippen LogP contribution in [0.15, 0.2) is 73.4 Å². The van der Waals surface area contributed by atoms with Crippen molar-refractivity contribution in [1.29, 1.82) is 0 Å². The van der Waals surface area contributed by atoms with Gasteiger partial charge in [0.05, 0.1) is 23.2 Å². The SMILES string of the molecule is O=C(CSc1n[nH]c(-c2cccs2)n1)N1N=C(c2ccco2)C[C@H]1c1ccco1. The van der Waals surface area contributed by atoms with Crippen molar-refractivity contribution in [3.8, 4) is 10.7 Å². The monoisotopic (exact) mass is 425 g/mol. The maximum absolute atomic E-state index is 12.9. The second kappa shape index (κ2) is 7.72. The molecule has 146 valence electrons. The molecule has 1 amide bonds. The third-order valence-corrected chi connectivity index (χ3v) is 6.10. The van der Waals surface area contributed by atoms with Crippen LogP contribution in [0.4, 0.5) is 0 Å². The molecule has 29 heavy (non-hydrogen) atoms. The predicted molar refractivity (Wildman–Crippen MR) is 109 cm³/mol. The Morgan fingerprint density at radius 2 is 2.14 bits per heavy atom. The van der Waals surface area contributed by atoms with Gasteiger partial charge in [0.1, 0.15) is 23.3 Å². The van der Waals surface area contributed by atoms with Crippen LogP contribution in [0.5, 0.6) is 0 Å². The largest absolute Gasteiger partial charge is 0.467 e. The van der Waals surface area contributed by atoms with Gasteiger partial charge in [0.25, 0.3) is 5.91 Å². The summed E-state index contributed by atoms with van der Waals surface area (Å²) >= 11 is 2.84. The van der Waals surface area contributed by atoms with Crippen molar-refractivity contribution < 1.29 is 13.6 Å². The van der Waals surface area contributed by atoms with E-state index in [1.807, 2.05) is 29.6 Å². The van der Waals surface area contributed by atoms with Crippen LogP contribution >= 0.6 is 23.1 Å². The number of hydrogen-bond acceptors (Lipinski definition) is 8. The van der Waals surface area contributed by atoms with Crippen LogP contribution in [0.3, 0.4) is 0 Å². The van der Waals surface area contributed by atoms with Crippen LogP contribution in [-0.2, 0) is 4.79 Å². The Hall–Kier alpha value is -3.11. The van der Waals surface area contributed by atoms with Crippen LogP contribution in [-0.4, -0.2) is 37.6 Å². The van der Waals surface area contributed by atoms with Gasteiger partial charge in [-0.05, 0) is 35.7 Å². The summed E-state index contributed by atoms with van der Waals surface area (Å²) in [5.41, 5.74) is 0.715. The van der Waals surface area contributed by atoms with E-state index in [9.17, 15) is 4.79 Å². The number of carbonyl (C=O) groups is 1. The van der Waals surface area contributed by atoms with E-state index in [4.69, 9.17) is 8.83 Å². The van der Waals surface area contributed by atoms with E-state index in [-0.39, 0.29) is 17.7 Å². The molecule has 4 aromatic rings. The molecule has 0 unspecified atom stereocenters. The van der Waals surface area contributed by atoms with Gasteiger partial charge in [-0.2, -0.15) is 5.10 Å². The molecule has 0 saturated carbocycles. The summed E-state index contributed by atoms with van der Waals surface area (Å²) in [7, 11) is 0. The highest BCUT2D eigenvalue weighted by Gasteiger charge is 2.35. The van der Waals surface area contributed by atoms with E-state index in [0.29, 0.717) is 34.6 Å². The van der Waals surface area contributed by atoms with Gasteiger partial charge in [0, 0.05) is 6.42 Å². The molecule has 0 saturated heterocycles. The average Bonchev–Trinajstić information content (AvgIpc) is 3.56. The summed E-state index contributed by atoms with van der Waals surface area (Å²) in [5.74, 6) is 2.04. The first-order chi connectivity index (χ1) is 14.3. The Balaban J connectivity index is 1.31. The second-order valence-corrected chi connectivity index (χ2v) is 8.12. The second-order valence-electron chi connectivity index (χ2n) is 6.23. The van der Waals surface area contributed by atoms with Gasteiger partial charge in [-0.15, -0.1) is 16.4 Å². The number of hydrazone groups is 1. The highest BCUT2D eigenvalue weighted by Crippen LogP contribution is 2.34. The predicted octanol–water partition coefficient (Wildman–Crippen LogP) is 4.19. The van der Waals surface area contributed by atoms with Crippen molar-refractivity contribution >= 4 is 34.7 Å². The fraction of sp³-hybridized carbons (Fsp3) is 0.158. The first-order valence-electron chi connectivity index (χ1n) is 8.84. The topological polar surface area (TPSA) is 101 Å². The van der Waals surface area contributed by atoms with Crippen molar-refractivity contribution in [3.05, 3.63) is 65.8 Å². The molecule has 0 fully saturated rings. The maximum Gasteiger partial charge on any atom is 0.253 e. The van der Waals surface area contributed by atoms with Gasteiger partial charge < -0.3 is 8.83 Å². The molecular weight excluding hydrogens is 410 g/mol. The zero-order valence-electron chi connectivity index (χ0n) is 15.0. The first kappa shape index (κ1) is 18.0. The minimum Gasteiger partial charge on any atom is -0.467 e. The van der Waals surface area contributed by atoms with Gasteiger partial charge in [-0.25, -0.2) is 9.99 Å². The lowest BCUT2D eigenvalue weighted by Gasteiger charge is -2.19. The zero-order valence-corrected chi connectivity index (χ0v) is 16.7. The first-order valence-corrected chi connectivity index (χ1v) is 10.7. The van der Waals surface area contributed by atoms with E-state index in [0.717, 1.165) is 4.88 Å². The Kier molecular flexibility index (Phi) is 4.78. The lowest BCUT2D eigenvalue weighted by Crippen LogP contribution is -2.28. The fourth-order valence-electron chi connectivity index (χ4n) is 3.06. The smallest absolute Gasteiger partial charge is 0.253 e. The number of thioether (sulfide) groups is 1. The Morgan fingerprint density at radius 3 is 2.90 bits per heavy atom. The number of H-pyrrole nitrogens is 1. The minimum atomic E-state index is -0.299. The molecule has 1 aliphatic rings. The van der Waals surface area contributed by atoms with Crippen molar-refractivity contribution in [1.82, 2.24) is 20.2 Å². The summed E-state index contributed by atoms with van der Waals surface area (Å²) in [6.45, 7) is 0. The number of hydrogen-bond donors (Lipinski definition) is 1. The number of thiophene rings is 1. The van der Waals surface area contributed by atoms with Crippen LogP contribution in [0, 0.1) is 0 Å². The number of nitrogens with zero attached hydrogens (tertiary/aromatic N) is 4. The summed E-state index contributed by atoms with van der Waals surface area (Å²) in [4.78, 5) is 18.4. The molecule has 1 atom stereocenters. The summed E-state index contributed by atoms with van der Waals surface area (Å²) in [5, 5.41) is 15.6. The molecule has 0 aliphatic carbocycles. The van der Waals surface area contributed by atoms with Crippen molar-refractivity contribution in [2.24, 2.45) is 5.10 Å². The number of furan rings is 2. The van der Waals surface area contributed by atoms with Crippen LogP contribution in [0.25, 0.3) is 10.7 Å². The highest BCUT2D eigenvalue weighted by molar-refractivity contribution is 7.99. The quantitative estimate of drug-likeness (QED) is 0.465. The van der Waals surface area contributed by atoms with Crippen molar-refractivity contribution in [2.45, 2.75) is 17.6 Å². The molecule has 1 aliphatic heterocycles. The number of aromatic nitrogens is 3. The van der Waals surface area contributed by atoms with Gasteiger partial charge in [0.15, 0.2) is 5.82 Å². The molecule has 0 bridgehead atoms. The number of amides is 1. The van der Waals surface area contributed by atoms with Gasteiger partial charge in [-0.3, -0.25) is 9.89 Å². The average molecular weight is 425 g/mol. The van der Waals surface area contributed by atoms with Gasteiger partial charge in [0.2, 0.25) is 5.16 Å². The maximum atomic E-state index is 12.9. The number of rotatable bonds is 6. The molecule has 0 radical (unpaired) electrons. The van der Waals surface area contributed by atoms with E-state index >= 15 is 0 Å². The molecule has 4 aromatic heterocycles. The third-order valence-electron chi connectivity index (χ3n) is 4.39. The normalized spacial score (nSPS) is 16.3. The number of carbonyl (C=O) groups excluding carboxylic acids is 1.